The number of nitrogens with zero attached hydrogens (tertiary/aromatic N) is 2. The molecular formula is C24H16F2N2O4. The molecule has 8 heteroatoms. The van der Waals surface area contributed by atoms with Crippen molar-refractivity contribution in [2.45, 2.75) is 12.5 Å². The molecule has 0 spiro atoms. The lowest BCUT2D eigenvalue weighted by molar-refractivity contribution is -0.132. The first-order chi connectivity index (χ1) is 15.5. The van der Waals surface area contributed by atoms with Gasteiger partial charge in [0.05, 0.1) is 18.2 Å². The maximum atomic E-state index is 14.0. The maximum absolute atomic E-state index is 14.0. The van der Waals surface area contributed by atoms with Crippen molar-refractivity contribution < 1.29 is 28.2 Å². The number of halogens is 2. The number of aliphatic hydroxyl groups excluding tert-OH is 1. The predicted molar refractivity (Wildman–Crippen MR) is 111 cm³/mol. The summed E-state index contributed by atoms with van der Waals surface area (Å²) in [5.74, 6) is -3.77. The van der Waals surface area contributed by atoms with Crippen molar-refractivity contribution in [1.29, 1.82) is 0 Å². The lowest BCUT2D eigenvalue weighted by atomic mass is 9.95. The Morgan fingerprint density at radius 2 is 1.81 bits per heavy atom. The molecule has 2 aliphatic rings. The molecule has 1 unspecified atom stereocenters. The van der Waals surface area contributed by atoms with E-state index in [0.717, 1.165) is 22.6 Å². The normalized spacial score (nSPS) is 19.2. The molecule has 160 valence electrons. The Hall–Kier alpha value is -4.07. The fourth-order valence-corrected chi connectivity index (χ4v) is 4.08. The van der Waals surface area contributed by atoms with Gasteiger partial charge in [-0.3, -0.25) is 19.5 Å². The van der Waals surface area contributed by atoms with Crippen molar-refractivity contribution in [3.05, 3.63) is 94.8 Å². The lowest BCUT2D eigenvalue weighted by Crippen LogP contribution is -2.29. The second kappa shape index (κ2) is 7.56. The summed E-state index contributed by atoms with van der Waals surface area (Å²) in [5.41, 5.74) is 1.56. The highest BCUT2D eigenvalue weighted by Crippen LogP contribution is 2.42. The van der Waals surface area contributed by atoms with Crippen molar-refractivity contribution in [1.82, 2.24) is 4.98 Å². The third kappa shape index (κ3) is 3.11. The minimum absolute atomic E-state index is 0.00536. The van der Waals surface area contributed by atoms with Gasteiger partial charge < -0.3 is 9.84 Å². The zero-order valence-corrected chi connectivity index (χ0v) is 16.6. The number of anilines is 1. The number of carbonyl (C=O) groups excluding carboxylic acids is 2. The fraction of sp³-hybridized carbons (Fsp3) is 0.125. The number of ketones is 1. The molecule has 1 fully saturated rings. The molecule has 32 heavy (non-hydrogen) atoms. The number of carbonyl (C=O) groups is 2. The number of pyridine rings is 1. The zero-order chi connectivity index (χ0) is 22.4. The summed E-state index contributed by atoms with van der Waals surface area (Å²) in [5, 5.41) is 11.1. The molecule has 3 heterocycles. The molecule has 0 saturated carbocycles. The molecule has 5 rings (SSSR count). The Morgan fingerprint density at radius 3 is 2.56 bits per heavy atom. The van der Waals surface area contributed by atoms with Gasteiger partial charge in [-0.15, -0.1) is 0 Å². The maximum Gasteiger partial charge on any atom is 0.300 e. The van der Waals surface area contributed by atoms with E-state index in [1.165, 1.54) is 18.5 Å². The minimum atomic E-state index is -1.16. The van der Waals surface area contributed by atoms with Gasteiger partial charge in [0.2, 0.25) is 0 Å². The van der Waals surface area contributed by atoms with Crippen LogP contribution in [0.3, 0.4) is 0 Å². The van der Waals surface area contributed by atoms with Gasteiger partial charge in [0, 0.05) is 36.1 Å². The highest BCUT2D eigenvalue weighted by atomic mass is 19.2. The summed E-state index contributed by atoms with van der Waals surface area (Å²) in [6.45, 7) is 0.525. The van der Waals surface area contributed by atoms with Gasteiger partial charge in [-0.05, 0) is 53.6 Å². The average molecular weight is 434 g/mol. The van der Waals surface area contributed by atoms with Crippen LogP contribution in [-0.2, 0) is 16.0 Å². The van der Waals surface area contributed by atoms with Gasteiger partial charge in [-0.25, -0.2) is 8.78 Å². The van der Waals surface area contributed by atoms with Crippen LogP contribution < -0.4 is 9.64 Å². The molecule has 1 amide bonds. The van der Waals surface area contributed by atoms with Crippen molar-refractivity contribution in [2.75, 3.05) is 11.5 Å². The summed E-state index contributed by atoms with van der Waals surface area (Å²) in [6, 6.07) is 10.1. The van der Waals surface area contributed by atoms with E-state index in [-0.39, 0.29) is 17.0 Å². The molecule has 6 nitrogen and oxygen atoms in total. The number of amides is 1. The van der Waals surface area contributed by atoms with E-state index in [0.29, 0.717) is 29.9 Å². The first kappa shape index (κ1) is 19.9. The first-order valence-corrected chi connectivity index (χ1v) is 9.88. The molecule has 1 N–H and O–H groups in total. The number of benzene rings is 2. The third-order valence-corrected chi connectivity index (χ3v) is 5.61. The van der Waals surface area contributed by atoms with Gasteiger partial charge in [0.25, 0.3) is 11.7 Å². The number of Topliss-reactive ketones (excluding diaryl/α,β-unsaturated/α-hetero) is 1. The molecule has 2 aliphatic heterocycles. The molecule has 1 aromatic heterocycles. The summed E-state index contributed by atoms with van der Waals surface area (Å²) < 4.78 is 32.9. The van der Waals surface area contributed by atoms with Crippen molar-refractivity contribution >= 4 is 23.1 Å². The minimum Gasteiger partial charge on any atom is -0.507 e. The van der Waals surface area contributed by atoms with Crippen LogP contribution in [0.15, 0.2) is 66.5 Å². The van der Waals surface area contributed by atoms with E-state index < -0.39 is 29.4 Å². The van der Waals surface area contributed by atoms with Crippen LogP contribution in [0.1, 0.15) is 22.7 Å². The fourth-order valence-electron chi connectivity index (χ4n) is 4.08. The van der Waals surface area contributed by atoms with Crippen LogP contribution in [0.2, 0.25) is 0 Å². The topological polar surface area (TPSA) is 79.7 Å². The molecule has 1 saturated heterocycles. The first-order valence-electron chi connectivity index (χ1n) is 9.88. The van der Waals surface area contributed by atoms with Crippen LogP contribution in [0.25, 0.3) is 5.76 Å². The SMILES string of the molecule is O=C1C(=O)N(c2ccc(F)c(F)c2)C(c2ccncc2)/C1=C(/O)c1ccc2c(c1)CCO2. The summed E-state index contributed by atoms with van der Waals surface area (Å²) in [6.07, 6.45) is 3.62. The Labute approximate surface area is 181 Å². The van der Waals surface area contributed by atoms with Crippen molar-refractivity contribution in [3.8, 4) is 5.75 Å². The van der Waals surface area contributed by atoms with Gasteiger partial charge in [0.1, 0.15) is 11.5 Å². The van der Waals surface area contributed by atoms with E-state index in [2.05, 4.69) is 4.98 Å². The van der Waals surface area contributed by atoms with Crippen molar-refractivity contribution in [3.63, 3.8) is 0 Å². The van der Waals surface area contributed by atoms with Crippen LogP contribution >= 0.6 is 0 Å². The van der Waals surface area contributed by atoms with Gasteiger partial charge in [0.15, 0.2) is 11.6 Å². The van der Waals surface area contributed by atoms with E-state index in [4.69, 9.17) is 4.74 Å². The molecule has 0 bridgehead atoms. The van der Waals surface area contributed by atoms with Crippen molar-refractivity contribution in [2.24, 2.45) is 0 Å². The van der Waals surface area contributed by atoms with Gasteiger partial charge in [-0.1, -0.05) is 0 Å². The lowest BCUT2D eigenvalue weighted by Gasteiger charge is -2.25. The Kier molecular flexibility index (Phi) is 4.70. The summed E-state index contributed by atoms with van der Waals surface area (Å²) in [4.78, 5) is 31.1. The third-order valence-electron chi connectivity index (χ3n) is 5.61. The number of hydrogen-bond donors (Lipinski definition) is 1. The monoisotopic (exact) mass is 434 g/mol. The molecule has 1 atom stereocenters. The van der Waals surface area contributed by atoms with E-state index in [9.17, 15) is 23.5 Å². The van der Waals surface area contributed by atoms with Gasteiger partial charge >= 0.3 is 0 Å². The quantitative estimate of drug-likeness (QED) is 0.384. The molecule has 3 aromatic rings. The smallest absolute Gasteiger partial charge is 0.300 e. The number of aromatic nitrogens is 1. The summed E-state index contributed by atoms with van der Waals surface area (Å²) in [7, 11) is 0. The molecule has 0 radical (unpaired) electrons. The Morgan fingerprint density at radius 1 is 1.03 bits per heavy atom. The van der Waals surface area contributed by atoms with E-state index >= 15 is 0 Å². The Balaban J connectivity index is 1.70. The number of fused-ring (bicyclic) bond motifs is 1. The van der Waals surface area contributed by atoms with Crippen LogP contribution in [0.5, 0.6) is 5.75 Å². The highest BCUT2D eigenvalue weighted by Gasteiger charge is 2.47. The molecule has 2 aromatic carbocycles. The average Bonchev–Trinajstić information content (AvgIpc) is 3.38. The number of rotatable bonds is 3. The Bertz CT molecular complexity index is 1290. The van der Waals surface area contributed by atoms with Crippen LogP contribution in [0.4, 0.5) is 14.5 Å². The second-order valence-electron chi connectivity index (χ2n) is 7.47. The number of ether oxygens (including phenoxy) is 1. The van der Waals surface area contributed by atoms with E-state index in [1.807, 2.05) is 0 Å². The van der Waals surface area contributed by atoms with Crippen LogP contribution in [-0.4, -0.2) is 28.4 Å². The highest BCUT2D eigenvalue weighted by molar-refractivity contribution is 6.51. The molecule has 0 aliphatic carbocycles. The second-order valence-corrected chi connectivity index (χ2v) is 7.47. The molecular weight excluding hydrogens is 418 g/mol. The van der Waals surface area contributed by atoms with Crippen LogP contribution in [0, 0.1) is 11.6 Å². The van der Waals surface area contributed by atoms with Gasteiger partial charge in [-0.2, -0.15) is 0 Å². The number of hydrogen-bond acceptors (Lipinski definition) is 5. The largest absolute Gasteiger partial charge is 0.507 e. The van der Waals surface area contributed by atoms with E-state index in [1.54, 1.807) is 30.3 Å². The zero-order valence-electron chi connectivity index (χ0n) is 16.6. The summed E-state index contributed by atoms with van der Waals surface area (Å²) >= 11 is 0. The standard InChI is InChI=1S/C24H16F2N2O4/c25-17-3-2-16(12-18(17)26)28-21(13-5-8-27-9-6-13)20(23(30)24(28)31)22(29)15-1-4-19-14(11-15)7-10-32-19/h1-6,8-9,11-12,21,29H,7,10H2/b22-20-. The number of aliphatic hydroxyl groups is 1. The predicted octanol–water partition coefficient (Wildman–Crippen LogP) is 3.92.